The fourth-order valence-electron chi connectivity index (χ4n) is 0.300. The van der Waals surface area contributed by atoms with Crippen LogP contribution in [0.1, 0.15) is 6.92 Å². The Morgan fingerprint density at radius 3 is 2.20 bits per heavy atom. The van der Waals surface area contributed by atoms with Gasteiger partial charge in [0, 0.05) is 36.1 Å². The number of carbonyl (C=O) groups is 1. The zero-order chi connectivity index (χ0) is 7.44. The fourth-order valence-corrected chi connectivity index (χ4v) is 0.300. The van der Waals surface area contributed by atoms with Gasteiger partial charge in [-0.15, -0.1) is 0 Å². The van der Waals surface area contributed by atoms with Gasteiger partial charge in [-0.3, -0.25) is 0 Å². The van der Waals surface area contributed by atoms with E-state index < -0.39 is 12.2 Å². The first-order chi connectivity index (χ1) is 4.09. The molecule has 0 aromatic carbocycles. The van der Waals surface area contributed by atoms with E-state index in [0.717, 1.165) is 0 Å². The van der Waals surface area contributed by atoms with E-state index in [1.807, 2.05) is 0 Å². The van der Waals surface area contributed by atoms with E-state index in [9.17, 15) is 4.79 Å². The molecule has 0 amide bonds. The van der Waals surface area contributed by atoms with Gasteiger partial charge in [-0.05, 0) is 6.92 Å². The van der Waals surface area contributed by atoms with Crippen LogP contribution in [-0.4, -0.2) is 68.8 Å². The number of hydrogen-bond donors (Lipinski definition) is 3. The van der Waals surface area contributed by atoms with Crippen molar-refractivity contribution < 1.29 is 20.2 Å². The Kier molecular flexibility index (Phi) is 7.90. The first-order valence-corrected chi connectivity index (χ1v) is 2.46. The standard InChI is InChI=1S/C4H9NO4.Na/c1-2-5(9)3(6)4(7)8;/h3,6,9H,2H2,1H3,(H,7,8);. The van der Waals surface area contributed by atoms with Crippen LogP contribution in [0.3, 0.4) is 0 Å². The van der Waals surface area contributed by atoms with Crippen LogP contribution < -0.4 is 0 Å². The summed E-state index contributed by atoms with van der Waals surface area (Å²) in [4.78, 5) is 9.85. The SMILES string of the molecule is CCN(O)C(O)C(=O)O.[Na]. The van der Waals surface area contributed by atoms with Crippen LogP contribution in [0, 0.1) is 0 Å². The summed E-state index contributed by atoms with van der Waals surface area (Å²) in [5.74, 6) is -1.46. The number of rotatable bonds is 3. The molecular formula is C4H9NNaO4. The van der Waals surface area contributed by atoms with E-state index in [1.54, 1.807) is 0 Å². The van der Waals surface area contributed by atoms with Gasteiger partial charge in [0.15, 0.2) is 0 Å². The molecule has 3 N–H and O–H groups in total. The normalized spacial score (nSPS) is 12.4. The monoisotopic (exact) mass is 158 g/mol. The molecule has 0 spiro atoms. The van der Waals surface area contributed by atoms with Gasteiger partial charge in [0.2, 0.25) is 6.23 Å². The molecule has 0 fully saturated rings. The van der Waals surface area contributed by atoms with E-state index in [0.29, 0.717) is 5.06 Å². The second-order valence-corrected chi connectivity index (χ2v) is 1.47. The molecule has 0 aromatic heterocycles. The topological polar surface area (TPSA) is 81.0 Å². The van der Waals surface area contributed by atoms with Crippen molar-refractivity contribution >= 4 is 35.5 Å². The predicted octanol–water partition coefficient (Wildman–Crippen LogP) is -1.28. The number of carboxylic acid groups (broad SMARTS) is 1. The number of nitrogens with zero attached hydrogens (tertiary/aromatic N) is 1. The van der Waals surface area contributed by atoms with Crippen LogP contribution in [-0.2, 0) is 4.79 Å². The molecule has 6 heteroatoms. The number of aliphatic hydroxyl groups is 1. The Labute approximate surface area is 80.5 Å². The Bertz CT molecular complexity index is 109. The minimum absolute atomic E-state index is 0. The van der Waals surface area contributed by atoms with Crippen molar-refractivity contribution in [3.05, 3.63) is 0 Å². The summed E-state index contributed by atoms with van der Waals surface area (Å²) in [7, 11) is 0. The zero-order valence-electron chi connectivity index (χ0n) is 5.98. The molecule has 0 aliphatic heterocycles. The summed E-state index contributed by atoms with van der Waals surface area (Å²) in [5, 5.41) is 25.3. The van der Waals surface area contributed by atoms with E-state index >= 15 is 0 Å². The molecule has 0 aliphatic rings. The summed E-state index contributed by atoms with van der Waals surface area (Å²) in [6.45, 7) is 1.60. The van der Waals surface area contributed by atoms with E-state index in [1.165, 1.54) is 6.92 Å². The smallest absolute Gasteiger partial charge is 0.350 e. The third-order valence-corrected chi connectivity index (χ3v) is 0.827. The van der Waals surface area contributed by atoms with Crippen molar-refractivity contribution in [1.82, 2.24) is 5.06 Å². The van der Waals surface area contributed by atoms with Crippen molar-refractivity contribution in [2.24, 2.45) is 0 Å². The van der Waals surface area contributed by atoms with E-state index in [4.69, 9.17) is 15.4 Å². The minimum atomic E-state index is -1.81. The summed E-state index contributed by atoms with van der Waals surface area (Å²) >= 11 is 0. The molecule has 5 nitrogen and oxygen atoms in total. The van der Waals surface area contributed by atoms with Crippen LogP contribution in [0.5, 0.6) is 0 Å². The maximum atomic E-state index is 9.85. The summed E-state index contributed by atoms with van der Waals surface area (Å²) in [6.07, 6.45) is -1.81. The molecule has 0 heterocycles. The van der Waals surface area contributed by atoms with Gasteiger partial charge in [0.1, 0.15) is 0 Å². The first kappa shape index (κ1) is 13.0. The molecule has 10 heavy (non-hydrogen) atoms. The van der Waals surface area contributed by atoms with Gasteiger partial charge < -0.3 is 15.4 Å². The molecule has 0 saturated heterocycles. The summed E-state index contributed by atoms with van der Waals surface area (Å²) in [5.41, 5.74) is 0. The van der Waals surface area contributed by atoms with Crippen molar-refractivity contribution in [1.29, 1.82) is 0 Å². The maximum Gasteiger partial charge on any atom is 0.350 e. The first-order valence-electron chi connectivity index (χ1n) is 2.46. The summed E-state index contributed by atoms with van der Waals surface area (Å²) < 4.78 is 0. The molecule has 0 bridgehead atoms. The zero-order valence-corrected chi connectivity index (χ0v) is 7.98. The third kappa shape index (κ3) is 4.21. The Morgan fingerprint density at radius 2 is 2.10 bits per heavy atom. The molecule has 0 saturated carbocycles. The van der Waals surface area contributed by atoms with Crippen LogP contribution >= 0.6 is 0 Å². The Morgan fingerprint density at radius 1 is 1.70 bits per heavy atom. The summed E-state index contributed by atoms with van der Waals surface area (Å²) in [6, 6.07) is 0. The molecule has 1 radical (unpaired) electrons. The van der Waals surface area contributed by atoms with Crippen LogP contribution in [0.2, 0.25) is 0 Å². The van der Waals surface area contributed by atoms with Crippen molar-refractivity contribution in [3.8, 4) is 0 Å². The number of hydroxylamine groups is 2. The van der Waals surface area contributed by atoms with Gasteiger partial charge in [0.25, 0.3) is 0 Å². The molecule has 55 valence electrons. The number of aliphatic hydroxyl groups excluding tert-OH is 1. The van der Waals surface area contributed by atoms with Crippen molar-refractivity contribution in [2.75, 3.05) is 6.54 Å². The number of likely N-dealkylation sites (N-methyl/N-ethyl adjacent to an activating group) is 1. The predicted molar refractivity (Wildman–Crippen MR) is 33.6 cm³/mol. The second-order valence-electron chi connectivity index (χ2n) is 1.47. The Hall–Kier alpha value is 0.350. The van der Waals surface area contributed by atoms with Crippen LogP contribution in [0.25, 0.3) is 0 Å². The van der Waals surface area contributed by atoms with Gasteiger partial charge in [-0.1, -0.05) is 0 Å². The maximum absolute atomic E-state index is 9.85. The molecule has 0 aromatic rings. The molecule has 1 unspecified atom stereocenters. The third-order valence-electron chi connectivity index (χ3n) is 0.827. The minimum Gasteiger partial charge on any atom is -0.478 e. The van der Waals surface area contributed by atoms with Gasteiger partial charge in [0.05, 0.1) is 0 Å². The number of hydrogen-bond acceptors (Lipinski definition) is 4. The van der Waals surface area contributed by atoms with Crippen molar-refractivity contribution in [3.63, 3.8) is 0 Å². The largest absolute Gasteiger partial charge is 0.478 e. The molecular weight excluding hydrogens is 149 g/mol. The number of carboxylic acids is 1. The van der Waals surface area contributed by atoms with Crippen LogP contribution in [0.15, 0.2) is 0 Å². The quantitative estimate of drug-likeness (QED) is 0.271. The average Bonchev–Trinajstić information content (AvgIpc) is 1.84. The van der Waals surface area contributed by atoms with Gasteiger partial charge in [-0.25, -0.2) is 4.79 Å². The molecule has 0 rings (SSSR count). The van der Waals surface area contributed by atoms with Gasteiger partial charge >= 0.3 is 5.97 Å². The van der Waals surface area contributed by atoms with E-state index in [2.05, 4.69) is 0 Å². The fraction of sp³-hybridized carbons (Fsp3) is 0.750. The van der Waals surface area contributed by atoms with E-state index in [-0.39, 0.29) is 36.1 Å². The average molecular weight is 158 g/mol. The molecule has 0 aliphatic carbocycles. The number of aliphatic carboxylic acids is 1. The Balaban J connectivity index is 0. The van der Waals surface area contributed by atoms with Crippen molar-refractivity contribution in [2.45, 2.75) is 13.2 Å². The van der Waals surface area contributed by atoms with Crippen LogP contribution in [0.4, 0.5) is 0 Å². The van der Waals surface area contributed by atoms with Gasteiger partial charge in [-0.2, -0.15) is 5.06 Å². The second kappa shape index (κ2) is 6.09. The molecule has 1 atom stereocenters.